The number of pyridine rings is 2. The average Bonchev–Trinajstić information content (AvgIpc) is 3.43. The smallest absolute Gasteiger partial charge is 0.341 e. The molecule has 4 aromatic heterocycles. The largest absolute Gasteiger partial charge is 0.477 e. The number of anilines is 2. The molecule has 0 saturated carbocycles. The molecule has 1 amide bonds. The second-order valence-electron chi connectivity index (χ2n) is 8.84. The number of rotatable bonds is 7. The van der Waals surface area contributed by atoms with Gasteiger partial charge >= 0.3 is 5.97 Å². The fraction of sp³-hybridized carbons (Fsp3) is 0.333. The highest BCUT2D eigenvalue weighted by atomic mass is 32.1. The lowest BCUT2D eigenvalue weighted by atomic mass is 9.98. The van der Waals surface area contributed by atoms with Crippen molar-refractivity contribution in [2.45, 2.75) is 33.7 Å². The SMILES string of the molecule is CCCn1nc(NC(=O)C2CN(c3cc(C)c4c(=O)c(C(=O)O)cn(-c5nccs5)c4n3)C2)cc1C. The molecule has 0 spiro atoms. The number of amides is 1. The van der Waals surface area contributed by atoms with Gasteiger partial charge in [-0.05, 0) is 31.9 Å². The van der Waals surface area contributed by atoms with E-state index in [0.717, 1.165) is 18.7 Å². The summed E-state index contributed by atoms with van der Waals surface area (Å²) in [6, 6.07) is 3.62. The fourth-order valence-corrected chi connectivity index (χ4v) is 4.96. The molecule has 36 heavy (non-hydrogen) atoms. The molecular formula is C24H25N7O4S. The van der Waals surface area contributed by atoms with Crippen LogP contribution in [0, 0.1) is 19.8 Å². The number of carboxylic acids is 1. The molecule has 1 aliphatic heterocycles. The van der Waals surface area contributed by atoms with Crippen LogP contribution in [0.2, 0.25) is 0 Å². The predicted octanol–water partition coefficient (Wildman–Crippen LogP) is 2.84. The van der Waals surface area contributed by atoms with Gasteiger partial charge in [-0.15, -0.1) is 11.3 Å². The van der Waals surface area contributed by atoms with Crippen LogP contribution in [0.3, 0.4) is 0 Å². The number of nitrogens with zero attached hydrogens (tertiary/aromatic N) is 6. The van der Waals surface area contributed by atoms with Gasteiger partial charge in [0.1, 0.15) is 11.4 Å². The van der Waals surface area contributed by atoms with Gasteiger partial charge in [-0.2, -0.15) is 5.10 Å². The number of fused-ring (bicyclic) bond motifs is 1. The zero-order valence-corrected chi connectivity index (χ0v) is 20.9. The van der Waals surface area contributed by atoms with E-state index >= 15 is 0 Å². The highest BCUT2D eigenvalue weighted by molar-refractivity contribution is 7.12. The second-order valence-corrected chi connectivity index (χ2v) is 9.72. The number of aryl methyl sites for hydroxylation is 3. The molecule has 1 aliphatic rings. The average molecular weight is 508 g/mol. The van der Waals surface area contributed by atoms with Crippen molar-refractivity contribution in [1.29, 1.82) is 0 Å². The van der Waals surface area contributed by atoms with Crippen LogP contribution < -0.4 is 15.6 Å². The van der Waals surface area contributed by atoms with E-state index in [9.17, 15) is 19.5 Å². The van der Waals surface area contributed by atoms with E-state index in [1.807, 2.05) is 22.6 Å². The molecule has 0 unspecified atom stereocenters. The Morgan fingerprint density at radius 2 is 2.03 bits per heavy atom. The highest BCUT2D eigenvalue weighted by Crippen LogP contribution is 2.29. The maximum Gasteiger partial charge on any atom is 0.341 e. The van der Waals surface area contributed by atoms with Crippen LogP contribution in [0.5, 0.6) is 0 Å². The number of thiazole rings is 1. The Hall–Kier alpha value is -4.06. The Morgan fingerprint density at radius 1 is 1.25 bits per heavy atom. The molecule has 4 aromatic rings. The molecule has 0 radical (unpaired) electrons. The summed E-state index contributed by atoms with van der Waals surface area (Å²) in [5, 5.41) is 19.4. The maximum absolute atomic E-state index is 12.9. The van der Waals surface area contributed by atoms with Crippen LogP contribution in [0.15, 0.2) is 34.7 Å². The van der Waals surface area contributed by atoms with E-state index in [0.29, 0.717) is 41.1 Å². The Labute approximate surface area is 210 Å². The first kappa shape index (κ1) is 23.7. The number of hydrogen-bond acceptors (Lipinski definition) is 8. The number of aromatic carboxylic acids is 1. The first-order chi connectivity index (χ1) is 17.3. The molecular weight excluding hydrogens is 482 g/mol. The van der Waals surface area contributed by atoms with E-state index in [1.54, 1.807) is 29.1 Å². The van der Waals surface area contributed by atoms with E-state index in [1.165, 1.54) is 17.5 Å². The lowest BCUT2D eigenvalue weighted by molar-refractivity contribution is -0.120. The van der Waals surface area contributed by atoms with Gasteiger partial charge in [-0.3, -0.25) is 18.8 Å². The number of hydrogen-bond donors (Lipinski definition) is 2. The van der Waals surface area contributed by atoms with E-state index < -0.39 is 11.4 Å². The van der Waals surface area contributed by atoms with Gasteiger partial charge in [0.25, 0.3) is 0 Å². The van der Waals surface area contributed by atoms with Crippen molar-refractivity contribution in [2.75, 3.05) is 23.3 Å². The summed E-state index contributed by atoms with van der Waals surface area (Å²) < 4.78 is 3.42. The Morgan fingerprint density at radius 3 is 2.69 bits per heavy atom. The predicted molar refractivity (Wildman–Crippen MR) is 136 cm³/mol. The number of aromatic nitrogens is 5. The molecule has 0 bridgehead atoms. The van der Waals surface area contributed by atoms with Crippen molar-refractivity contribution in [3.8, 4) is 5.13 Å². The summed E-state index contributed by atoms with van der Waals surface area (Å²) in [5.41, 5.74) is 1.02. The maximum atomic E-state index is 12.9. The number of carbonyl (C=O) groups excluding carboxylic acids is 1. The minimum Gasteiger partial charge on any atom is -0.477 e. The fourth-order valence-electron chi connectivity index (χ4n) is 4.34. The molecule has 0 aliphatic carbocycles. The number of carboxylic acid groups (broad SMARTS) is 1. The monoisotopic (exact) mass is 507 g/mol. The van der Waals surface area contributed by atoms with E-state index in [4.69, 9.17) is 4.98 Å². The lowest BCUT2D eigenvalue weighted by Crippen LogP contribution is -2.52. The van der Waals surface area contributed by atoms with Crippen molar-refractivity contribution in [1.82, 2.24) is 24.3 Å². The third-order valence-electron chi connectivity index (χ3n) is 6.24. The van der Waals surface area contributed by atoms with Crippen LogP contribution in [-0.4, -0.2) is 54.4 Å². The molecule has 11 nitrogen and oxygen atoms in total. The first-order valence-electron chi connectivity index (χ1n) is 11.6. The highest BCUT2D eigenvalue weighted by Gasteiger charge is 2.34. The zero-order chi connectivity index (χ0) is 25.6. The molecule has 1 saturated heterocycles. The van der Waals surface area contributed by atoms with Crippen molar-refractivity contribution < 1.29 is 14.7 Å². The molecule has 0 aromatic carbocycles. The van der Waals surface area contributed by atoms with Crippen LogP contribution in [0.25, 0.3) is 16.2 Å². The minimum absolute atomic E-state index is 0.101. The summed E-state index contributed by atoms with van der Waals surface area (Å²) >= 11 is 1.31. The van der Waals surface area contributed by atoms with Gasteiger partial charge in [0.05, 0.1) is 11.3 Å². The summed E-state index contributed by atoms with van der Waals surface area (Å²) in [7, 11) is 0. The van der Waals surface area contributed by atoms with Gasteiger partial charge in [-0.25, -0.2) is 14.8 Å². The zero-order valence-electron chi connectivity index (χ0n) is 20.1. The molecule has 12 heteroatoms. The topological polar surface area (TPSA) is 135 Å². The molecule has 2 N–H and O–H groups in total. The number of nitrogens with one attached hydrogen (secondary N) is 1. The molecule has 5 heterocycles. The third kappa shape index (κ3) is 4.13. The Balaban J connectivity index is 1.41. The third-order valence-corrected chi connectivity index (χ3v) is 7.01. The normalized spacial score (nSPS) is 13.7. The van der Waals surface area contributed by atoms with Gasteiger partial charge in [0.2, 0.25) is 11.3 Å². The van der Waals surface area contributed by atoms with E-state index in [-0.39, 0.29) is 22.8 Å². The van der Waals surface area contributed by atoms with Gasteiger partial charge in [-0.1, -0.05) is 6.92 Å². The molecule has 186 valence electrons. The van der Waals surface area contributed by atoms with Crippen LogP contribution in [-0.2, 0) is 11.3 Å². The summed E-state index contributed by atoms with van der Waals surface area (Å²) in [5.74, 6) is -0.474. The van der Waals surface area contributed by atoms with E-state index in [2.05, 4.69) is 22.3 Å². The Kier molecular flexibility index (Phi) is 6.04. The molecule has 1 fully saturated rings. The number of carbonyl (C=O) groups is 2. The summed E-state index contributed by atoms with van der Waals surface area (Å²) in [6.45, 7) is 7.52. The van der Waals surface area contributed by atoms with Gasteiger partial charge < -0.3 is 15.3 Å². The molecule has 0 atom stereocenters. The second kappa shape index (κ2) is 9.19. The summed E-state index contributed by atoms with van der Waals surface area (Å²) in [6.07, 6.45) is 3.83. The van der Waals surface area contributed by atoms with Crippen molar-refractivity contribution >= 4 is 45.9 Å². The van der Waals surface area contributed by atoms with Crippen LogP contribution in [0.4, 0.5) is 11.6 Å². The van der Waals surface area contributed by atoms with Crippen molar-refractivity contribution in [3.63, 3.8) is 0 Å². The van der Waals surface area contributed by atoms with Crippen molar-refractivity contribution in [2.24, 2.45) is 5.92 Å². The molecule has 5 rings (SSSR count). The van der Waals surface area contributed by atoms with Crippen LogP contribution >= 0.6 is 11.3 Å². The van der Waals surface area contributed by atoms with Gasteiger partial charge in [0, 0.05) is 49.2 Å². The first-order valence-corrected chi connectivity index (χ1v) is 12.4. The Bertz CT molecular complexity index is 1530. The van der Waals surface area contributed by atoms with Gasteiger partial charge in [0.15, 0.2) is 16.6 Å². The summed E-state index contributed by atoms with van der Waals surface area (Å²) in [4.78, 5) is 48.3. The van der Waals surface area contributed by atoms with Crippen LogP contribution in [0.1, 0.15) is 35.0 Å². The minimum atomic E-state index is -1.30. The quantitative estimate of drug-likeness (QED) is 0.390. The van der Waals surface area contributed by atoms with Crippen molar-refractivity contribution in [3.05, 3.63) is 57.0 Å². The lowest BCUT2D eigenvalue weighted by Gasteiger charge is -2.39. The standard InChI is InChI=1S/C24H25N7O4S/c1-4-6-31-14(3)9-17(28-31)26-22(33)15-10-29(11-15)18-8-13(2)19-20(32)16(23(34)35)12-30(21(19)27-18)24-25-5-7-36-24/h5,7-9,12,15H,4,6,10-11H2,1-3H3,(H,34,35)(H,26,28,33).